The Bertz CT molecular complexity index is 1070. The molecular formula is C22H26N6O. The Balaban J connectivity index is 1.63. The van der Waals surface area contributed by atoms with Crippen molar-refractivity contribution in [3.63, 3.8) is 0 Å². The van der Waals surface area contributed by atoms with Gasteiger partial charge in [-0.1, -0.05) is 0 Å². The third-order valence-electron chi connectivity index (χ3n) is 5.53. The second-order valence-corrected chi connectivity index (χ2v) is 7.63. The van der Waals surface area contributed by atoms with E-state index in [2.05, 4.69) is 46.0 Å². The lowest BCUT2D eigenvalue weighted by Crippen LogP contribution is -2.27. The summed E-state index contributed by atoms with van der Waals surface area (Å²) in [4.78, 5) is 15.4. The van der Waals surface area contributed by atoms with Crippen LogP contribution in [0.3, 0.4) is 0 Å². The first-order valence-electron chi connectivity index (χ1n) is 9.69. The number of benzene rings is 1. The zero-order chi connectivity index (χ0) is 20.5. The molecule has 0 unspecified atom stereocenters. The molecule has 1 aliphatic rings. The third-order valence-corrected chi connectivity index (χ3v) is 5.53. The highest BCUT2D eigenvalue weighted by atomic mass is 16.5. The Labute approximate surface area is 170 Å². The van der Waals surface area contributed by atoms with Gasteiger partial charge in [-0.2, -0.15) is 0 Å². The van der Waals surface area contributed by atoms with E-state index in [9.17, 15) is 0 Å². The van der Waals surface area contributed by atoms with Crippen LogP contribution in [0.2, 0.25) is 0 Å². The summed E-state index contributed by atoms with van der Waals surface area (Å²) in [7, 11) is 2.15. The van der Waals surface area contributed by atoms with Crippen molar-refractivity contribution in [2.24, 2.45) is 0 Å². The van der Waals surface area contributed by atoms with E-state index in [1.807, 2.05) is 13.0 Å². The number of fused-ring (bicyclic) bond motifs is 1. The monoisotopic (exact) mass is 390 g/mol. The van der Waals surface area contributed by atoms with Gasteiger partial charge in [-0.15, -0.1) is 0 Å². The smallest absolute Gasteiger partial charge is 0.258 e. The second-order valence-electron chi connectivity index (χ2n) is 7.63. The standard InChI is InChI=1S/C22H26N6O/c1-13-8-16(9-17-11-28(3)7-5-18(13)17)19-10-26-21(24)22(27-19)29-12-15-4-6-25-20(23)14(15)2/h4,6,8-10H,5,7,11-12H2,1-3H3,(H2,23,25)(H2,24,26). The number of nitrogens with zero attached hydrogens (tertiary/aromatic N) is 4. The van der Waals surface area contributed by atoms with E-state index in [4.69, 9.17) is 16.2 Å². The van der Waals surface area contributed by atoms with Gasteiger partial charge in [-0.25, -0.2) is 15.0 Å². The highest BCUT2D eigenvalue weighted by Crippen LogP contribution is 2.30. The van der Waals surface area contributed by atoms with Crippen molar-refractivity contribution >= 4 is 11.6 Å². The molecule has 1 aromatic carbocycles. The van der Waals surface area contributed by atoms with E-state index in [-0.39, 0.29) is 5.82 Å². The molecule has 3 heterocycles. The first-order chi connectivity index (χ1) is 13.9. The SMILES string of the molecule is Cc1cc(-c2cnc(N)c(OCc3ccnc(N)c3C)n2)cc2c1CCN(C)C2. The molecule has 29 heavy (non-hydrogen) atoms. The molecule has 0 radical (unpaired) electrons. The summed E-state index contributed by atoms with van der Waals surface area (Å²) in [6, 6.07) is 6.25. The molecule has 2 aromatic heterocycles. The number of nitrogen functional groups attached to an aromatic ring is 2. The number of pyridine rings is 1. The highest BCUT2D eigenvalue weighted by molar-refractivity contribution is 5.64. The number of hydrogen-bond acceptors (Lipinski definition) is 7. The molecule has 3 aromatic rings. The summed E-state index contributed by atoms with van der Waals surface area (Å²) >= 11 is 0. The number of anilines is 2. The summed E-state index contributed by atoms with van der Waals surface area (Å²) in [5.74, 6) is 1.08. The van der Waals surface area contributed by atoms with Crippen molar-refractivity contribution in [2.75, 3.05) is 25.1 Å². The molecule has 0 spiro atoms. The Hall–Kier alpha value is -3.19. The van der Waals surface area contributed by atoms with E-state index in [0.29, 0.717) is 18.3 Å². The topological polar surface area (TPSA) is 103 Å². The van der Waals surface area contributed by atoms with Crippen molar-refractivity contribution in [1.82, 2.24) is 19.9 Å². The quantitative estimate of drug-likeness (QED) is 0.706. The van der Waals surface area contributed by atoms with E-state index in [1.165, 1.54) is 16.7 Å². The first kappa shape index (κ1) is 19.1. The fourth-order valence-electron chi connectivity index (χ4n) is 3.73. The summed E-state index contributed by atoms with van der Waals surface area (Å²) in [5.41, 5.74) is 19.6. The van der Waals surface area contributed by atoms with Crippen LogP contribution in [0.4, 0.5) is 11.6 Å². The molecule has 1 aliphatic heterocycles. The van der Waals surface area contributed by atoms with Crippen LogP contribution in [-0.4, -0.2) is 33.4 Å². The molecular weight excluding hydrogens is 364 g/mol. The minimum Gasteiger partial charge on any atom is -0.470 e. The Morgan fingerprint density at radius 2 is 1.97 bits per heavy atom. The van der Waals surface area contributed by atoms with Crippen LogP contribution < -0.4 is 16.2 Å². The molecule has 0 saturated heterocycles. The van der Waals surface area contributed by atoms with Gasteiger partial charge in [0.1, 0.15) is 12.4 Å². The van der Waals surface area contributed by atoms with Gasteiger partial charge < -0.3 is 21.1 Å². The molecule has 0 bridgehead atoms. The number of aromatic nitrogens is 3. The Morgan fingerprint density at radius 1 is 1.14 bits per heavy atom. The van der Waals surface area contributed by atoms with Gasteiger partial charge in [0.05, 0.1) is 11.9 Å². The van der Waals surface area contributed by atoms with Crippen LogP contribution in [0.15, 0.2) is 30.6 Å². The second kappa shape index (κ2) is 7.67. The van der Waals surface area contributed by atoms with Gasteiger partial charge in [0.2, 0.25) is 0 Å². The van der Waals surface area contributed by atoms with E-state index < -0.39 is 0 Å². The van der Waals surface area contributed by atoms with Crippen LogP contribution in [0.25, 0.3) is 11.3 Å². The Morgan fingerprint density at radius 3 is 2.79 bits per heavy atom. The highest BCUT2D eigenvalue weighted by Gasteiger charge is 2.18. The van der Waals surface area contributed by atoms with Crippen molar-refractivity contribution in [2.45, 2.75) is 33.4 Å². The van der Waals surface area contributed by atoms with Gasteiger partial charge in [0.15, 0.2) is 5.82 Å². The maximum absolute atomic E-state index is 6.02. The van der Waals surface area contributed by atoms with Crippen molar-refractivity contribution in [3.8, 4) is 17.1 Å². The number of likely N-dealkylation sites (N-methyl/N-ethyl adjacent to an activating group) is 1. The molecule has 0 aliphatic carbocycles. The van der Waals surface area contributed by atoms with Gasteiger partial charge in [-0.05, 0) is 73.3 Å². The Kier molecular flexibility index (Phi) is 5.07. The predicted molar refractivity (Wildman–Crippen MR) is 114 cm³/mol. The zero-order valence-electron chi connectivity index (χ0n) is 17.1. The average Bonchev–Trinajstić information content (AvgIpc) is 2.69. The molecule has 150 valence electrons. The molecule has 4 N–H and O–H groups in total. The third kappa shape index (κ3) is 3.86. The fourth-order valence-corrected chi connectivity index (χ4v) is 3.73. The van der Waals surface area contributed by atoms with E-state index in [0.717, 1.165) is 41.9 Å². The van der Waals surface area contributed by atoms with Crippen molar-refractivity contribution < 1.29 is 4.74 Å². The molecule has 0 saturated carbocycles. The lowest BCUT2D eigenvalue weighted by Gasteiger charge is -2.27. The van der Waals surface area contributed by atoms with E-state index >= 15 is 0 Å². The molecule has 0 atom stereocenters. The zero-order valence-corrected chi connectivity index (χ0v) is 17.1. The summed E-state index contributed by atoms with van der Waals surface area (Å²) in [5, 5.41) is 0. The number of ether oxygens (including phenoxy) is 1. The minimum absolute atomic E-state index is 0.267. The van der Waals surface area contributed by atoms with Crippen LogP contribution in [0, 0.1) is 13.8 Å². The summed E-state index contributed by atoms with van der Waals surface area (Å²) in [6.45, 7) is 6.41. The number of aryl methyl sites for hydroxylation is 1. The van der Waals surface area contributed by atoms with Gasteiger partial charge in [0, 0.05) is 24.8 Å². The number of hydrogen-bond donors (Lipinski definition) is 2. The molecule has 7 heteroatoms. The minimum atomic E-state index is 0.267. The van der Waals surface area contributed by atoms with Crippen LogP contribution in [0.1, 0.15) is 27.8 Å². The molecule has 0 fully saturated rings. The number of rotatable bonds is 4. The summed E-state index contributed by atoms with van der Waals surface area (Å²) in [6.07, 6.45) is 4.44. The molecule has 7 nitrogen and oxygen atoms in total. The van der Waals surface area contributed by atoms with Gasteiger partial charge in [-0.3, -0.25) is 0 Å². The molecule has 4 rings (SSSR count). The predicted octanol–water partition coefficient (Wildman–Crippen LogP) is 2.89. The number of nitrogens with two attached hydrogens (primary N) is 2. The maximum Gasteiger partial charge on any atom is 0.258 e. The lowest BCUT2D eigenvalue weighted by molar-refractivity contribution is 0.294. The van der Waals surface area contributed by atoms with E-state index in [1.54, 1.807) is 12.4 Å². The molecule has 0 amide bonds. The largest absolute Gasteiger partial charge is 0.470 e. The maximum atomic E-state index is 6.02. The van der Waals surface area contributed by atoms with Crippen LogP contribution >= 0.6 is 0 Å². The fraction of sp³-hybridized carbons (Fsp3) is 0.318. The van der Waals surface area contributed by atoms with Crippen LogP contribution in [0.5, 0.6) is 5.88 Å². The normalized spacial score (nSPS) is 13.9. The van der Waals surface area contributed by atoms with Gasteiger partial charge in [0.25, 0.3) is 5.88 Å². The lowest BCUT2D eigenvalue weighted by atomic mass is 9.92. The summed E-state index contributed by atoms with van der Waals surface area (Å²) < 4.78 is 5.89. The van der Waals surface area contributed by atoms with Gasteiger partial charge >= 0.3 is 0 Å². The first-order valence-corrected chi connectivity index (χ1v) is 9.69. The average molecular weight is 390 g/mol. The van der Waals surface area contributed by atoms with Crippen molar-refractivity contribution in [1.29, 1.82) is 0 Å². The van der Waals surface area contributed by atoms with Crippen molar-refractivity contribution in [3.05, 3.63) is 58.4 Å². The van der Waals surface area contributed by atoms with Crippen LogP contribution in [-0.2, 0) is 19.6 Å².